The average Bonchev–Trinajstić information content (AvgIpc) is 3.65. The van der Waals surface area contributed by atoms with Gasteiger partial charge in [0.1, 0.15) is 11.5 Å². The van der Waals surface area contributed by atoms with Crippen LogP contribution in [0.2, 0.25) is 0 Å². The van der Waals surface area contributed by atoms with Crippen LogP contribution in [0.1, 0.15) is 120 Å². The van der Waals surface area contributed by atoms with Crippen molar-refractivity contribution in [1.82, 2.24) is 10.6 Å². The first-order valence-electron chi connectivity index (χ1n) is 18.8. The molecule has 2 aromatic rings. The third kappa shape index (κ3) is 14.0. The molecular weight excluding hydrogens is 713 g/mol. The lowest BCUT2D eigenvalue weighted by atomic mass is 9.86. The third-order valence-corrected chi connectivity index (χ3v) is 11.4. The van der Waals surface area contributed by atoms with Crippen molar-refractivity contribution in [3.63, 3.8) is 0 Å². The van der Waals surface area contributed by atoms with Crippen molar-refractivity contribution >= 4 is 69.9 Å². The van der Waals surface area contributed by atoms with E-state index in [1.807, 2.05) is 0 Å². The Balaban J connectivity index is 0.000000204. The Labute approximate surface area is 319 Å². The van der Waals surface area contributed by atoms with Gasteiger partial charge in [0.25, 0.3) is 22.3 Å². The van der Waals surface area contributed by atoms with Crippen molar-refractivity contribution in [2.24, 2.45) is 11.8 Å². The number of benzene rings is 2. The number of amides is 4. The molecular formula is C41H48N2O8S2. The maximum Gasteiger partial charge on any atom is 0.311 e. The van der Waals surface area contributed by atoms with E-state index < -0.39 is 0 Å². The van der Waals surface area contributed by atoms with Gasteiger partial charge in [-0.2, -0.15) is 0 Å². The van der Waals surface area contributed by atoms with Gasteiger partial charge in [-0.15, -0.1) is 0 Å². The molecule has 2 aromatic carbocycles. The van der Waals surface area contributed by atoms with E-state index in [4.69, 9.17) is 9.47 Å². The molecule has 12 heteroatoms. The van der Waals surface area contributed by atoms with Crippen LogP contribution in [0.3, 0.4) is 0 Å². The van der Waals surface area contributed by atoms with E-state index in [0.29, 0.717) is 34.2 Å². The van der Waals surface area contributed by atoms with E-state index in [2.05, 4.69) is 10.6 Å². The minimum atomic E-state index is -0.381. The minimum absolute atomic E-state index is 0.205. The fourth-order valence-corrected chi connectivity index (χ4v) is 8.33. The topological polar surface area (TPSA) is 145 Å². The molecule has 2 saturated carbocycles. The van der Waals surface area contributed by atoms with E-state index in [0.717, 1.165) is 72.2 Å². The van der Waals surface area contributed by atoms with Crippen LogP contribution in [0, 0.1) is 11.8 Å². The summed E-state index contributed by atoms with van der Waals surface area (Å²) in [6.45, 7) is 0. The zero-order chi connectivity index (χ0) is 37.4. The molecule has 0 bridgehead atoms. The maximum absolute atomic E-state index is 12.0. The lowest BCUT2D eigenvalue weighted by molar-refractivity contribution is -0.135. The fraction of sp³-hybridized carbons (Fsp3) is 0.463. The molecule has 2 N–H and O–H groups in total. The number of carbonyl (C=O) groups is 6. The Kier molecular flexibility index (Phi) is 15.8. The average molecular weight is 761 g/mol. The van der Waals surface area contributed by atoms with Crippen molar-refractivity contribution in [2.45, 2.75) is 109 Å². The van der Waals surface area contributed by atoms with Gasteiger partial charge in [-0.25, -0.2) is 0 Å². The third-order valence-electron chi connectivity index (χ3n) is 9.79. The van der Waals surface area contributed by atoms with Gasteiger partial charge in [-0.3, -0.25) is 39.4 Å². The Hall–Kier alpha value is -4.16. The highest BCUT2D eigenvalue weighted by molar-refractivity contribution is 8.18. The standard InChI is InChI=1S/C21H25NO4S.C20H23NO4S/c23-19(9-5-4-8-15-6-2-1-3-7-15)26-17-12-10-16(11-13-17)14-18-20(24)22-21(25)27-18;22-18(8-4-7-14-5-2-1-3-6-14)25-16-11-9-15(10-12-16)13-17-19(23)21-20(24)26-17/h10-15H,1-9H2,(H,22,24,25);9-14H,1-8H2,(H,21,23,24)/b18-14-;17-13-. The lowest BCUT2D eigenvalue weighted by Gasteiger charge is -2.21. The molecule has 0 spiro atoms. The molecule has 4 fully saturated rings. The Bertz CT molecular complexity index is 1670. The number of nitrogens with one attached hydrogen (secondary N) is 2. The molecule has 2 saturated heterocycles. The molecule has 2 aliphatic carbocycles. The quantitative estimate of drug-likeness (QED) is 0.0876. The summed E-state index contributed by atoms with van der Waals surface area (Å²) in [5.74, 6) is 1.45. The first-order valence-corrected chi connectivity index (χ1v) is 20.4. The lowest BCUT2D eigenvalue weighted by Crippen LogP contribution is -2.17. The summed E-state index contributed by atoms with van der Waals surface area (Å²) >= 11 is 1.76. The molecule has 4 aliphatic rings. The molecule has 6 rings (SSSR count). The number of hydrogen-bond donors (Lipinski definition) is 2. The van der Waals surface area contributed by atoms with Crippen LogP contribution in [0.25, 0.3) is 12.2 Å². The fourth-order valence-electron chi connectivity index (χ4n) is 6.96. The number of carbonyl (C=O) groups excluding carboxylic acids is 6. The number of unbranched alkanes of at least 4 members (excludes halogenated alkanes) is 1. The van der Waals surface area contributed by atoms with E-state index in [-0.39, 0.29) is 34.2 Å². The van der Waals surface area contributed by atoms with Crippen molar-refractivity contribution in [3.8, 4) is 11.5 Å². The Morgan fingerprint density at radius 2 is 0.962 bits per heavy atom. The molecule has 53 heavy (non-hydrogen) atoms. The van der Waals surface area contributed by atoms with Crippen molar-refractivity contribution in [1.29, 1.82) is 0 Å². The summed E-state index contributed by atoms with van der Waals surface area (Å²) < 4.78 is 10.7. The zero-order valence-electron chi connectivity index (χ0n) is 30.0. The normalized spacial score (nSPS) is 19.5. The largest absolute Gasteiger partial charge is 0.427 e. The monoisotopic (exact) mass is 760 g/mol. The smallest absolute Gasteiger partial charge is 0.311 e. The van der Waals surface area contributed by atoms with Gasteiger partial charge in [0.2, 0.25) is 0 Å². The van der Waals surface area contributed by atoms with E-state index in [9.17, 15) is 28.8 Å². The number of rotatable bonds is 13. The Morgan fingerprint density at radius 3 is 1.36 bits per heavy atom. The first-order chi connectivity index (χ1) is 25.7. The highest BCUT2D eigenvalue weighted by atomic mass is 32.2. The Morgan fingerprint density at radius 1 is 0.566 bits per heavy atom. The predicted molar refractivity (Wildman–Crippen MR) is 208 cm³/mol. The van der Waals surface area contributed by atoms with Crippen molar-refractivity contribution < 1.29 is 38.2 Å². The van der Waals surface area contributed by atoms with Gasteiger partial charge in [-0.1, -0.05) is 101 Å². The van der Waals surface area contributed by atoms with Gasteiger partial charge in [-0.05, 0) is 102 Å². The number of esters is 2. The molecule has 0 radical (unpaired) electrons. The summed E-state index contributed by atoms with van der Waals surface area (Å²) in [6.07, 6.45) is 22.7. The van der Waals surface area contributed by atoms with E-state index in [1.54, 1.807) is 60.7 Å². The first kappa shape index (κ1) is 40.0. The number of ether oxygens (including phenoxy) is 2. The van der Waals surface area contributed by atoms with Crippen molar-refractivity contribution in [2.75, 3.05) is 0 Å². The maximum atomic E-state index is 12.0. The molecule has 4 amide bonds. The number of hydrogen-bond acceptors (Lipinski definition) is 10. The van der Waals surface area contributed by atoms with Crippen LogP contribution < -0.4 is 20.1 Å². The molecule has 10 nitrogen and oxygen atoms in total. The zero-order valence-corrected chi connectivity index (χ0v) is 31.7. The summed E-state index contributed by atoms with van der Waals surface area (Å²) in [4.78, 5) is 70.0. The second-order valence-electron chi connectivity index (χ2n) is 13.9. The van der Waals surface area contributed by atoms with Crippen LogP contribution >= 0.6 is 23.5 Å². The summed E-state index contributed by atoms with van der Waals surface area (Å²) in [5, 5.41) is 3.71. The van der Waals surface area contributed by atoms with E-state index in [1.165, 1.54) is 70.6 Å². The van der Waals surface area contributed by atoms with Crippen LogP contribution in [0.5, 0.6) is 11.5 Å². The molecule has 0 unspecified atom stereocenters. The highest BCUT2D eigenvalue weighted by Gasteiger charge is 2.26. The van der Waals surface area contributed by atoms with Gasteiger partial charge < -0.3 is 9.47 Å². The second-order valence-corrected chi connectivity index (χ2v) is 16.0. The molecule has 0 aromatic heterocycles. The van der Waals surface area contributed by atoms with Gasteiger partial charge in [0.05, 0.1) is 9.81 Å². The van der Waals surface area contributed by atoms with Crippen LogP contribution in [-0.2, 0) is 19.2 Å². The van der Waals surface area contributed by atoms with Crippen LogP contribution in [0.15, 0.2) is 58.3 Å². The van der Waals surface area contributed by atoms with Gasteiger partial charge in [0.15, 0.2) is 0 Å². The van der Waals surface area contributed by atoms with Crippen molar-refractivity contribution in [3.05, 3.63) is 69.5 Å². The molecule has 0 atom stereocenters. The van der Waals surface area contributed by atoms with Gasteiger partial charge in [0, 0.05) is 12.8 Å². The summed E-state index contributed by atoms with van der Waals surface area (Å²) in [7, 11) is 0. The number of imide groups is 2. The predicted octanol–water partition coefficient (Wildman–Crippen LogP) is 9.72. The van der Waals surface area contributed by atoms with Gasteiger partial charge >= 0.3 is 11.9 Å². The molecule has 2 heterocycles. The number of thioether (sulfide) groups is 2. The van der Waals surface area contributed by atoms with E-state index >= 15 is 0 Å². The van der Waals surface area contributed by atoms with Crippen LogP contribution in [-0.4, -0.2) is 34.2 Å². The summed E-state index contributed by atoms with van der Waals surface area (Å²) in [5.41, 5.74) is 1.55. The summed E-state index contributed by atoms with van der Waals surface area (Å²) in [6, 6.07) is 13.8. The van der Waals surface area contributed by atoms with Crippen LogP contribution in [0.4, 0.5) is 9.59 Å². The SMILES string of the molecule is O=C(CCCC1CCCCC1)Oc1ccc(/C=C2\SC(=O)NC2=O)cc1.O=C(CCCCC1CCCCC1)Oc1ccc(/C=C2\SC(=O)NC2=O)cc1. The highest BCUT2D eigenvalue weighted by Crippen LogP contribution is 2.30. The minimum Gasteiger partial charge on any atom is -0.427 e. The molecule has 282 valence electrons. The molecule has 2 aliphatic heterocycles. The second kappa shape index (κ2) is 20.9.